The Balaban J connectivity index is 2.33. The summed E-state index contributed by atoms with van der Waals surface area (Å²) in [6, 6.07) is 6.16. The monoisotopic (exact) mass is 306 g/mol. The van der Waals surface area contributed by atoms with E-state index in [2.05, 4.69) is 55.6 Å². The van der Waals surface area contributed by atoms with Crippen LogP contribution in [0.25, 0.3) is 0 Å². The van der Waals surface area contributed by atoms with Gasteiger partial charge in [-0.3, -0.25) is 0 Å². The van der Waals surface area contributed by atoms with Gasteiger partial charge in [-0.2, -0.15) is 4.98 Å². The summed E-state index contributed by atoms with van der Waals surface area (Å²) in [7, 11) is 1.80. The SMILES string of the molecule is CNc1ncc(C)c(Nc2cc(C)cc(Br)c2)n1. The Labute approximate surface area is 115 Å². The summed E-state index contributed by atoms with van der Waals surface area (Å²) in [5.41, 5.74) is 3.20. The van der Waals surface area contributed by atoms with Crippen molar-refractivity contribution in [2.45, 2.75) is 13.8 Å². The molecule has 0 spiro atoms. The molecule has 2 aromatic rings. The molecular formula is C13H15BrN4. The number of aromatic nitrogens is 2. The first-order chi connectivity index (χ1) is 8.58. The summed E-state index contributed by atoms with van der Waals surface area (Å²) in [6.07, 6.45) is 1.80. The van der Waals surface area contributed by atoms with E-state index in [1.165, 1.54) is 5.56 Å². The largest absolute Gasteiger partial charge is 0.357 e. The number of nitrogens with one attached hydrogen (secondary N) is 2. The van der Waals surface area contributed by atoms with Crippen LogP contribution in [0.1, 0.15) is 11.1 Å². The van der Waals surface area contributed by atoms with Crippen LogP contribution < -0.4 is 10.6 Å². The van der Waals surface area contributed by atoms with E-state index in [9.17, 15) is 0 Å². The molecule has 94 valence electrons. The fourth-order valence-electron chi connectivity index (χ4n) is 1.63. The number of nitrogens with zero attached hydrogens (tertiary/aromatic N) is 2. The number of benzene rings is 1. The van der Waals surface area contributed by atoms with Gasteiger partial charge in [-0.25, -0.2) is 4.98 Å². The van der Waals surface area contributed by atoms with Crippen LogP contribution in [-0.4, -0.2) is 17.0 Å². The first-order valence-corrected chi connectivity index (χ1v) is 6.43. The molecule has 1 heterocycles. The molecule has 0 aliphatic heterocycles. The Kier molecular flexibility index (Phi) is 3.81. The van der Waals surface area contributed by atoms with Crippen LogP contribution in [0.5, 0.6) is 0 Å². The number of hydrogen-bond acceptors (Lipinski definition) is 4. The van der Waals surface area contributed by atoms with Gasteiger partial charge in [-0.1, -0.05) is 15.9 Å². The summed E-state index contributed by atoms with van der Waals surface area (Å²) >= 11 is 3.49. The van der Waals surface area contributed by atoms with Crippen molar-refractivity contribution in [3.05, 3.63) is 40.0 Å². The van der Waals surface area contributed by atoms with Gasteiger partial charge in [0.25, 0.3) is 0 Å². The topological polar surface area (TPSA) is 49.8 Å². The van der Waals surface area contributed by atoms with E-state index in [1.807, 2.05) is 13.0 Å². The molecule has 0 amide bonds. The maximum absolute atomic E-state index is 4.40. The highest BCUT2D eigenvalue weighted by Gasteiger charge is 2.04. The van der Waals surface area contributed by atoms with Crippen molar-refractivity contribution in [1.82, 2.24) is 9.97 Å². The van der Waals surface area contributed by atoms with Gasteiger partial charge in [0.05, 0.1) is 0 Å². The van der Waals surface area contributed by atoms with Crippen LogP contribution in [0.2, 0.25) is 0 Å². The fraction of sp³-hybridized carbons (Fsp3) is 0.231. The van der Waals surface area contributed by atoms with E-state index in [1.54, 1.807) is 13.2 Å². The Morgan fingerprint density at radius 3 is 2.61 bits per heavy atom. The van der Waals surface area contributed by atoms with Gasteiger partial charge >= 0.3 is 0 Å². The van der Waals surface area contributed by atoms with E-state index in [0.29, 0.717) is 5.95 Å². The highest BCUT2D eigenvalue weighted by atomic mass is 79.9. The quantitative estimate of drug-likeness (QED) is 0.909. The van der Waals surface area contributed by atoms with Gasteiger partial charge in [0.1, 0.15) is 5.82 Å². The molecule has 0 saturated carbocycles. The Morgan fingerprint density at radius 1 is 1.17 bits per heavy atom. The van der Waals surface area contributed by atoms with E-state index in [0.717, 1.165) is 21.5 Å². The normalized spacial score (nSPS) is 10.2. The molecule has 0 bridgehead atoms. The lowest BCUT2D eigenvalue weighted by molar-refractivity contribution is 1.12. The molecular weight excluding hydrogens is 292 g/mol. The first kappa shape index (κ1) is 12.8. The lowest BCUT2D eigenvalue weighted by Crippen LogP contribution is -2.02. The molecule has 18 heavy (non-hydrogen) atoms. The van der Waals surface area contributed by atoms with Crippen molar-refractivity contribution in [1.29, 1.82) is 0 Å². The maximum atomic E-state index is 4.40. The van der Waals surface area contributed by atoms with Crippen LogP contribution in [-0.2, 0) is 0 Å². The Hall–Kier alpha value is -1.62. The number of anilines is 3. The molecule has 1 aromatic carbocycles. The highest BCUT2D eigenvalue weighted by Crippen LogP contribution is 2.23. The minimum Gasteiger partial charge on any atom is -0.357 e. The average Bonchev–Trinajstić information content (AvgIpc) is 2.30. The molecule has 2 N–H and O–H groups in total. The first-order valence-electron chi connectivity index (χ1n) is 5.64. The third-order valence-electron chi connectivity index (χ3n) is 2.50. The second kappa shape index (κ2) is 5.35. The van der Waals surface area contributed by atoms with Crippen LogP contribution in [0.4, 0.5) is 17.5 Å². The van der Waals surface area contributed by atoms with E-state index in [4.69, 9.17) is 0 Å². The van der Waals surface area contributed by atoms with Crippen molar-refractivity contribution in [3.63, 3.8) is 0 Å². The molecule has 0 saturated heterocycles. The van der Waals surface area contributed by atoms with Crippen molar-refractivity contribution >= 4 is 33.4 Å². The number of halogens is 1. The zero-order chi connectivity index (χ0) is 13.1. The highest BCUT2D eigenvalue weighted by molar-refractivity contribution is 9.10. The van der Waals surface area contributed by atoms with Crippen molar-refractivity contribution in [3.8, 4) is 0 Å². The molecule has 0 unspecified atom stereocenters. The minimum absolute atomic E-state index is 0.606. The Morgan fingerprint density at radius 2 is 1.94 bits per heavy atom. The lowest BCUT2D eigenvalue weighted by atomic mass is 10.2. The zero-order valence-corrected chi connectivity index (χ0v) is 12.2. The molecule has 1 aromatic heterocycles. The van der Waals surface area contributed by atoms with Gasteiger partial charge in [0, 0.05) is 29.0 Å². The van der Waals surface area contributed by atoms with E-state index >= 15 is 0 Å². The molecule has 0 atom stereocenters. The van der Waals surface area contributed by atoms with Gasteiger partial charge in [0.2, 0.25) is 5.95 Å². The summed E-state index contributed by atoms with van der Waals surface area (Å²) in [5, 5.41) is 6.24. The fourth-order valence-corrected chi connectivity index (χ4v) is 2.24. The number of hydrogen-bond donors (Lipinski definition) is 2. The third kappa shape index (κ3) is 2.98. The average molecular weight is 307 g/mol. The zero-order valence-electron chi connectivity index (χ0n) is 10.6. The summed E-state index contributed by atoms with van der Waals surface area (Å²) in [4.78, 5) is 8.56. The predicted octanol–water partition coefficient (Wildman–Crippen LogP) is 3.64. The van der Waals surface area contributed by atoms with Crippen LogP contribution in [0.15, 0.2) is 28.9 Å². The molecule has 0 radical (unpaired) electrons. The van der Waals surface area contributed by atoms with Crippen molar-refractivity contribution < 1.29 is 0 Å². The summed E-state index contributed by atoms with van der Waals surface area (Å²) in [5.74, 6) is 1.42. The Bertz CT molecular complexity index is 549. The lowest BCUT2D eigenvalue weighted by Gasteiger charge is -2.10. The number of aryl methyl sites for hydroxylation is 2. The van der Waals surface area contributed by atoms with Crippen LogP contribution in [0, 0.1) is 13.8 Å². The smallest absolute Gasteiger partial charge is 0.224 e. The summed E-state index contributed by atoms with van der Waals surface area (Å²) in [6.45, 7) is 4.04. The second-order valence-corrected chi connectivity index (χ2v) is 5.03. The summed E-state index contributed by atoms with van der Waals surface area (Å²) < 4.78 is 1.05. The van der Waals surface area contributed by atoms with Crippen LogP contribution in [0.3, 0.4) is 0 Å². The standard InChI is InChI=1S/C13H15BrN4/c1-8-4-10(14)6-11(5-8)17-12-9(2)7-16-13(15-3)18-12/h4-7H,1-3H3,(H2,15,16,17,18). The molecule has 0 aliphatic rings. The minimum atomic E-state index is 0.606. The van der Waals surface area contributed by atoms with Crippen LogP contribution >= 0.6 is 15.9 Å². The van der Waals surface area contributed by atoms with E-state index < -0.39 is 0 Å². The van der Waals surface area contributed by atoms with E-state index in [-0.39, 0.29) is 0 Å². The van der Waals surface area contributed by atoms with Crippen molar-refractivity contribution in [2.75, 3.05) is 17.7 Å². The molecule has 0 aliphatic carbocycles. The maximum Gasteiger partial charge on any atom is 0.224 e. The van der Waals surface area contributed by atoms with Crippen molar-refractivity contribution in [2.24, 2.45) is 0 Å². The van der Waals surface area contributed by atoms with Gasteiger partial charge in [0.15, 0.2) is 0 Å². The van der Waals surface area contributed by atoms with Gasteiger partial charge in [-0.15, -0.1) is 0 Å². The molecule has 4 nitrogen and oxygen atoms in total. The van der Waals surface area contributed by atoms with Gasteiger partial charge < -0.3 is 10.6 Å². The second-order valence-electron chi connectivity index (χ2n) is 4.12. The molecule has 5 heteroatoms. The molecule has 2 rings (SSSR count). The van der Waals surface area contributed by atoms with Gasteiger partial charge in [-0.05, 0) is 37.6 Å². The predicted molar refractivity (Wildman–Crippen MR) is 78.5 cm³/mol. The number of rotatable bonds is 3. The molecule has 0 fully saturated rings. The third-order valence-corrected chi connectivity index (χ3v) is 2.96.